The third-order valence-electron chi connectivity index (χ3n) is 5.07. The Hall–Kier alpha value is -2.33. The summed E-state index contributed by atoms with van der Waals surface area (Å²) in [6.45, 7) is 4.14. The van der Waals surface area contributed by atoms with Crippen molar-refractivity contribution >= 4 is 5.91 Å². The van der Waals surface area contributed by atoms with Crippen LogP contribution in [-0.2, 0) is 23.9 Å². The lowest BCUT2D eigenvalue weighted by Crippen LogP contribution is -2.47. The number of tetrazole rings is 1. The van der Waals surface area contributed by atoms with E-state index in [2.05, 4.69) is 25.5 Å². The van der Waals surface area contributed by atoms with E-state index in [1.807, 2.05) is 32.0 Å². The van der Waals surface area contributed by atoms with Crippen molar-refractivity contribution in [2.45, 2.75) is 25.4 Å². The number of methoxy groups -OCH3 is 1. The van der Waals surface area contributed by atoms with E-state index in [4.69, 9.17) is 4.74 Å². The molecule has 3 rings (SSSR count). The van der Waals surface area contributed by atoms with E-state index in [-0.39, 0.29) is 5.91 Å². The second kappa shape index (κ2) is 7.12. The molecular weight excluding hydrogens is 336 g/mol. The molecule has 0 spiro atoms. The molecule has 1 unspecified atom stereocenters. The maximum Gasteiger partial charge on any atom is 0.272 e. The van der Waals surface area contributed by atoms with E-state index in [9.17, 15) is 4.79 Å². The van der Waals surface area contributed by atoms with Crippen LogP contribution < -0.4 is 0 Å². The van der Waals surface area contributed by atoms with Crippen molar-refractivity contribution in [3.05, 3.63) is 23.3 Å². The maximum absolute atomic E-state index is 13.0. The molecule has 1 aliphatic heterocycles. The van der Waals surface area contributed by atoms with Gasteiger partial charge in [-0.05, 0) is 43.9 Å². The van der Waals surface area contributed by atoms with Gasteiger partial charge in [0.2, 0.25) is 0 Å². The van der Waals surface area contributed by atoms with Crippen LogP contribution in [0.5, 0.6) is 0 Å². The van der Waals surface area contributed by atoms with Gasteiger partial charge in [-0.25, -0.2) is 4.68 Å². The molecule has 3 heterocycles. The van der Waals surface area contributed by atoms with Crippen LogP contribution in [0.4, 0.5) is 0 Å². The van der Waals surface area contributed by atoms with Crippen LogP contribution in [-0.4, -0.2) is 86.6 Å². The SMILES string of the molecule is COCCn1nnnc1C1(N(C)C)CCN(C(=O)c2cc(C)nn2C)C1. The number of ether oxygens (including phenoxy) is 1. The van der Waals surface area contributed by atoms with E-state index in [1.165, 1.54) is 0 Å². The molecule has 0 N–H and O–H groups in total. The van der Waals surface area contributed by atoms with Crippen molar-refractivity contribution in [2.24, 2.45) is 7.05 Å². The van der Waals surface area contributed by atoms with Crippen LogP contribution >= 0.6 is 0 Å². The Bertz CT molecular complexity index is 783. The number of rotatable bonds is 6. The number of likely N-dealkylation sites (N-methyl/N-ethyl adjacent to an activating group) is 1. The maximum atomic E-state index is 13.0. The monoisotopic (exact) mass is 362 g/mol. The van der Waals surface area contributed by atoms with Crippen LogP contribution in [0.3, 0.4) is 0 Å². The summed E-state index contributed by atoms with van der Waals surface area (Å²) in [6.07, 6.45) is 0.760. The first-order valence-electron chi connectivity index (χ1n) is 8.62. The molecule has 10 nitrogen and oxygen atoms in total. The number of hydrogen-bond donors (Lipinski definition) is 0. The molecule has 1 atom stereocenters. The molecule has 2 aromatic rings. The van der Waals surface area contributed by atoms with Gasteiger partial charge in [0, 0.05) is 27.2 Å². The molecule has 26 heavy (non-hydrogen) atoms. The lowest BCUT2D eigenvalue weighted by atomic mass is 9.96. The van der Waals surface area contributed by atoms with Crippen LogP contribution in [0, 0.1) is 6.92 Å². The molecule has 0 radical (unpaired) electrons. The summed E-state index contributed by atoms with van der Waals surface area (Å²) in [4.78, 5) is 16.9. The molecule has 0 aliphatic carbocycles. The van der Waals surface area contributed by atoms with Crippen molar-refractivity contribution in [3.8, 4) is 0 Å². The molecule has 1 saturated heterocycles. The van der Waals surface area contributed by atoms with E-state index in [1.54, 1.807) is 23.5 Å². The highest BCUT2D eigenvalue weighted by Crippen LogP contribution is 2.35. The number of aromatic nitrogens is 6. The number of aryl methyl sites for hydroxylation is 2. The van der Waals surface area contributed by atoms with E-state index in [0.29, 0.717) is 31.9 Å². The molecule has 0 saturated carbocycles. The summed E-state index contributed by atoms with van der Waals surface area (Å²) in [5, 5.41) is 16.5. The zero-order chi connectivity index (χ0) is 18.9. The standard InChI is InChI=1S/C16H26N8O2/c1-12-10-13(22(4)18-12)14(25)23-7-6-16(11-23,21(2)3)15-17-19-20-24(15)8-9-26-5/h10H,6-9,11H2,1-5H3. The predicted octanol–water partition coefficient (Wildman–Crippen LogP) is -0.336. The first kappa shape index (κ1) is 18.5. The summed E-state index contributed by atoms with van der Waals surface area (Å²) >= 11 is 0. The smallest absolute Gasteiger partial charge is 0.272 e. The van der Waals surface area contributed by atoms with Crippen molar-refractivity contribution in [1.29, 1.82) is 0 Å². The predicted molar refractivity (Wildman–Crippen MR) is 93.5 cm³/mol. The fourth-order valence-corrected chi connectivity index (χ4v) is 3.55. The largest absolute Gasteiger partial charge is 0.383 e. The van der Waals surface area contributed by atoms with Crippen molar-refractivity contribution in [1.82, 2.24) is 39.8 Å². The molecule has 0 bridgehead atoms. The minimum atomic E-state index is -0.430. The summed E-state index contributed by atoms with van der Waals surface area (Å²) in [5.41, 5.74) is 0.994. The highest BCUT2D eigenvalue weighted by molar-refractivity contribution is 5.93. The zero-order valence-electron chi connectivity index (χ0n) is 16.0. The Labute approximate surface area is 152 Å². The van der Waals surface area contributed by atoms with Gasteiger partial charge in [-0.15, -0.1) is 5.10 Å². The Morgan fingerprint density at radius 1 is 1.42 bits per heavy atom. The van der Waals surface area contributed by atoms with E-state index < -0.39 is 5.54 Å². The summed E-state index contributed by atoms with van der Waals surface area (Å²) < 4.78 is 8.56. The lowest BCUT2D eigenvalue weighted by Gasteiger charge is -2.34. The van der Waals surface area contributed by atoms with Crippen LogP contribution in [0.2, 0.25) is 0 Å². The van der Waals surface area contributed by atoms with Gasteiger partial charge in [0.15, 0.2) is 5.82 Å². The van der Waals surface area contributed by atoms with Gasteiger partial charge in [0.1, 0.15) is 11.2 Å². The molecule has 10 heteroatoms. The molecule has 0 aromatic carbocycles. The Morgan fingerprint density at radius 2 is 2.19 bits per heavy atom. The minimum absolute atomic E-state index is 0.0206. The number of hydrogen-bond acceptors (Lipinski definition) is 7. The van der Waals surface area contributed by atoms with Gasteiger partial charge in [0.05, 0.1) is 18.8 Å². The number of likely N-dealkylation sites (tertiary alicyclic amines) is 1. The molecule has 1 aliphatic rings. The minimum Gasteiger partial charge on any atom is -0.383 e. The van der Waals surface area contributed by atoms with Gasteiger partial charge in [-0.2, -0.15) is 5.10 Å². The molecule has 1 fully saturated rings. The van der Waals surface area contributed by atoms with E-state index in [0.717, 1.165) is 17.9 Å². The number of carbonyl (C=O) groups is 1. The quantitative estimate of drug-likeness (QED) is 0.694. The first-order chi connectivity index (χ1) is 12.4. The van der Waals surface area contributed by atoms with Gasteiger partial charge >= 0.3 is 0 Å². The number of nitrogens with zero attached hydrogens (tertiary/aromatic N) is 8. The van der Waals surface area contributed by atoms with Crippen LogP contribution in [0.25, 0.3) is 0 Å². The second-order valence-corrected chi connectivity index (χ2v) is 6.92. The molecular formula is C16H26N8O2. The summed E-state index contributed by atoms with van der Waals surface area (Å²) in [6, 6.07) is 1.82. The van der Waals surface area contributed by atoms with E-state index >= 15 is 0 Å². The fraction of sp³-hybridized carbons (Fsp3) is 0.688. The Morgan fingerprint density at radius 3 is 2.81 bits per heavy atom. The molecule has 1 amide bonds. The van der Waals surface area contributed by atoms with Gasteiger partial charge in [0.25, 0.3) is 5.91 Å². The van der Waals surface area contributed by atoms with Crippen molar-refractivity contribution in [3.63, 3.8) is 0 Å². The van der Waals surface area contributed by atoms with Gasteiger partial charge in [-0.1, -0.05) is 0 Å². The van der Waals surface area contributed by atoms with Crippen LogP contribution in [0.1, 0.15) is 28.4 Å². The van der Waals surface area contributed by atoms with Crippen molar-refractivity contribution < 1.29 is 9.53 Å². The average Bonchev–Trinajstić information content (AvgIpc) is 3.30. The lowest BCUT2D eigenvalue weighted by molar-refractivity contribution is 0.0726. The zero-order valence-corrected chi connectivity index (χ0v) is 16.0. The fourth-order valence-electron chi connectivity index (χ4n) is 3.55. The molecule has 142 valence electrons. The highest BCUT2D eigenvalue weighted by atomic mass is 16.5. The Kier molecular flexibility index (Phi) is 5.05. The van der Waals surface area contributed by atoms with Gasteiger partial charge < -0.3 is 9.64 Å². The average molecular weight is 362 g/mol. The van der Waals surface area contributed by atoms with Gasteiger partial charge in [-0.3, -0.25) is 14.4 Å². The topological polar surface area (TPSA) is 94.2 Å². The Balaban J connectivity index is 1.88. The summed E-state index contributed by atoms with van der Waals surface area (Å²) in [7, 11) is 7.44. The first-order valence-corrected chi connectivity index (χ1v) is 8.62. The molecule has 2 aromatic heterocycles. The normalized spacial score (nSPS) is 20.3. The number of amides is 1. The van der Waals surface area contributed by atoms with Crippen molar-refractivity contribution in [2.75, 3.05) is 40.9 Å². The highest BCUT2D eigenvalue weighted by Gasteiger charge is 2.47. The van der Waals surface area contributed by atoms with Crippen LogP contribution in [0.15, 0.2) is 6.07 Å². The third kappa shape index (κ3) is 3.10. The third-order valence-corrected chi connectivity index (χ3v) is 5.07. The number of carbonyl (C=O) groups excluding carboxylic acids is 1. The summed E-state index contributed by atoms with van der Waals surface area (Å²) in [5.74, 6) is 0.740. The second-order valence-electron chi connectivity index (χ2n) is 6.92.